The lowest BCUT2D eigenvalue weighted by atomic mass is 10.0. The molecule has 8 nitrogen and oxygen atoms in total. The first-order valence-electron chi connectivity index (χ1n) is 12.6. The van der Waals surface area contributed by atoms with Gasteiger partial charge in [0.2, 0.25) is 5.91 Å². The van der Waals surface area contributed by atoms with Gasteiger partial charge in [-0.15, -0.1) is 0 Å². The van der Waals surface area contributed by atoms with Gasteiger partial charge in [0, 0.05) is 44.5 Å². The summed E-state index contributed by atoms with van der Waals surface area (Å²) in [7, 11) is 0. The summed E-state index contributed by atoms with van der Waals surface area (Å²) in [6.45, 7) is 3.00. The molecule has 0 spiro atoms. The second kappa shape index (κ2) is 10.4. The van der Waals surface area contributed by atoms with Gasteiger partial charge in [-0.2, -0.15) is 0 Å². The predicted octanol–water partition coefficient (Wildman–Crippen LogP) is 3.79. The Kier molecular flexibility index (Phi) is 6.88. The van der Waals surface area contributed by atoms with E-state index in [4.69, 9.17) is 0 Å². The fourth-order valence-corrected chi connectivity index (χ4v) is 5.34. The summed E-state index contributed by atoms with van der Waals surface area (Å²) in [6.07, 6.45) is 3.97. The van der Waals surface area contributed by atoms with Gasteiger partial charge >= 0.3 is 12.1 Å². The average molecular weight is 476 g/mol. The maximum absolute atomic E-state index is 13.2. The predicted molar refractivity (Wildman–Crippen MR) is 134 cm³/mol. The summed E-state index contributed by atoms with van der Waals surface area (Å²) in [6, 6.07) is 17.2. The van der Waals surface area contributed by atoms with E-state index in [9.17, 15) is 14.4 Å². The van der Waals surface area contributed by atoms with E-state index < -0.39 is 6.04 Å². The Morgan fingerprint density at radius 3 is 2.46 bits per heavy atom. The van der Waals surface area contributed by atoms with Crippen molar-refractivity contribution in [3.8, 4) is 0 Å². The summed E-state index contributed by atoms with van der Waals surface area (Å²) in [5.41, 5.74) is 3.08. The number of para-hydroxylation sites is 1. The van der Waals surface area contributed by atoms with Crippen LogP contribution in [0.15, 0.2) is 54.6 Å². The number of anilines is 1. The maximum atomic E-state index is 13.2. The zero-order valence-electron chi connectivity index (χ0n) is 20.0. The monoisotopic (exact) mass is 475 g/mol. The minimum absolute atomic E-state index is 0.00163. The number of nitrogens with one attached hydrogen (secondary N) is 2. The highest BCUT2D eigenvalue weighted by Gasteiger charge is 2.34. The van der Waals surface area contributed by atoms with E-state index in [1.54, 1.807) is 4.90 Å². The van der Waals surface area contributed by atoms with Crippen LogP contribution in [0.4, 0.5) is 15.3 Å². The number of likely N-dealkylation sites (tertiary alicyclic amines) is 2. The number of carbonyl (C=O) groups is 3. The zero-order valence-corrected chi connectivity index (χ0v) is 20.0. The number of rotatable bonds is 4. The maximum Gasteiger partial charge on any atom is 0.322 e. The van der Waals surface area contributed by atoms with Crippen molar-refractivity contribution in [3.05, 3.63) is 65.7 Å². The van der Waals surface area contributed by atoms with Crippen LogP contribution in [-0.2, 0) is 17.9 Å². The van der Waals surface area contributed by atoms with Crippen LogP contribution in [-0.4, -0.2) is 64.4 Å². The molecule has 0 aromatic heterocycles. The van der Waals surface area contributed by atoms with E-state index >= 15 is 0 Å². The number of benzene rings is 2. The molecule has 0 bridgehead atoms. The fraction of sp³-hybridized carbons (Fsp3) is 0.444. The van der Waals surface area contributed by atoms with E-state index in [0.29, 0.717) is 39.1 Å². The molecular weight excluding hydrogens is 442 g/mol. The van der Waals surface area contributed by atoms with Gasteiger partial charge in [-0.25, -0.2) is 9.59 Å². The number of hydrogen-bond acceptors (Lipinski definition) is 3. The van der Waals surface area contributed by atoms with Gasteiger partial charge in [-0.1, -0.05) is 48.5 Å². The molecule has 2 aromatic carbocycles. The zero-order chi connectivity index (χ0) is 24.2. The lowest BCUT2D eigenvalue weighted by Gasteiger charge is -2.40. The van der Waals surface area contributed by atoms with Crippen molar-refractivity contribution in [1.29, 1.82) is 0 Å². The van der Waals surface area contributed by atoms with Gasteiger partial charge in [-0.05, 0) is 49.3 Å². The lowest BCUT2D eigenvalue weighted by molar-refractivity contribution is -0.133. The van der Waals surface area contributed by atoms with Crippen LogP contribution >= 0.6 is 0 Å². The van der Waals surface area contributed by atoms with E-state index in [1.807, 2.05) is 64.4 Å². The Morgan fingerprint density at radius 1 is 0.914 bits per heavy atom. The molecule has 1 atom stereocenters. The number of nitrogens with zero attached hydrogens (tertiary/aromatic N) is 3. The quantitative estimate of drug-likeness (QED) is 0.706. The SMILES string of the molecule is O=C(NC1CCCCN(Cc2ccccc2)C1=O)N1CCC(N2Cc3ccccc3NC2=O)CC1. The van der Waals surface area contributed by atoms with Crippen LogP contribution in [0, 0.1) is 0 Å². The van der Waals surface area contributed by atoms with Crippen molar-refractivity contribution in [2.24, 2.45) is 0 Å². The number of carbonyl (C=O) groups excluding carboxylic acids is 3. The highest BCUT2D eigenvalue weighted by atomic mass is 16.2. The van der Waals surface area contributed by atoms with Crippen LogP contribution in [0.5, 0.6) is 0 Å². The summed E-state index contributed by atoms with van der Waals surface area (Å²) in [4.78, 5) is 44.4. The Labute approximate surface area is 206 Å². The molecule has 0 saturated carbocycles. The van der Waals surface area contributed by atoms with Crippen LogP contribution < -0.4 is 10.6 Å². The smallest absolute Gasteiger partial charge is 0.322 e. The molecule has 0 aliphatic carbocycles. The molecule has 2 N–H and O–H groups in total. The number of amides is 5. The van der Waals surface area contributed by atoms with Crippen LogP contribution in [0.2, 0.25) is 0 Å². The second-order valence-electron chi connectivity index (χ2n) is 9.68. The van der Waals surface area contributed by atoms with Gasteiger partial charge in [0.1, 0.15) is 6.04 Å². The largest absolute Gasteiger partial charge is 0.337 e. The molecule has 2 aromatic rings. The molecule has 1 unspecified atom stereocenters. The fourth-order valence-electron chi connectivity index (χ4n) is 5.34. The molecule has 5 amide bonds. The van der Waals surface area contributed by atoms with Crippen molar-refractivity contribution in [2.75, 3.05) is 25.0 Å². The molecule has 2 fully saturated rings. The Morgan fingerprint density at radius 2 is 1.66 bits per heavy atom. The third kappa shape index (κ3) is 5.26. The first kappa shape index (κ1) is 23.2. The van der Waals surface area contributed by atoms with Crippen LogP contribution in [0.1, 0.15) is 43.2 Å². The van der Waals surface area contributed by atoms with E-state index in [2.05, 4.69) is 10.6 Å². The normalized spacial score (nSPS) is 21.3. The highest BCUT2D eigenvalue weighted by Crippen LogP contribution is 2.27. The third-order valence-corrected chi connectivity index (χ3v) is 7.35. The van der Waals surface area contributed by atoms with Gasteiger partial charge in [0.25, 0.3) is 0 Å². The van der Waals surface area contributed by atoms with Crippen LogP contribution in [0.25, 0.3) is 0 Å². The molecule has 5 rings (SSSR count). The van der Waals surface area contributed by atoms with E-state index in [-0.39, 0.29) is 24.0 Å². The Hall–Kier alpha value is -3.55. The molecule has 3 heterocycles. The van der Waals surface area contributed by atoms with Crippen molar-refractivity contribution < 1.29 is 14.4 Å². The van der Waals surface area contributed by atoms with Crippen molar-refractivity contribution in [3.63, 3.8) is 0 Å². The summed E-state index contributed by atoms with van der Waals surface area (Å²) >= 11 is 0. The average Bonchev–Trinajstić information content (AvgIpc) is 3.05. The molecule has 3 aliphatic heterocycles. The molecule has 3 aliphatic rings. The summed E-state index contributed by atoms with van der Waals surface area (Å²) in [5, 5.41) is 5.99. The number of piperidine rings is 1. The molecular formula is C27H33N5O3. The molecule has 184 valence electrons. The minimum Gasteiger partial charge on any atom is -0.337 e. The molecule has 35 heavy (non-hydrogen) atoms. The Balaban J connectivity index is 1.15. The number of hydrogen-bond donors (Lipinski definition) is 2. The topological polar surface area (TPSA) is 85.0 Å². The summed E-state index contributed by atoms with van der Waals surface area (Å²) in [5.74, 6) is -0.00163. The number of urea groups is 2. The van der Waals surface area contributed by atoms with Crippen LogP contribution in [0.3, 0.4) is 0 Å². The first-order chi connectivity index (χ1) is 17.1. The highest BCUT2D eigenvalue weighted by molar-refractivity contribution is 5.92. The van der Waals surface area contributed by atoms with Crippen molar-refractivity contribution >= 4 is 23.7 Å². The van der Waals surface area contributed by atoms with Crippen molar-refractivity contribution in [1.82, 2.24) is 20.0 Å². The standard InChI is InChI=1S/C27H33N5O3/c33-25-24(12-6-7-15-31(25)18-20-8-2-1-3-9-20)29-26(34)30-16-13-22(14-17-30)32-19-21-10-4-5-11-23(21)28-27(32)35/h1-5,8-11,22,24H,6-7,12-19H2,(H,28,35)(H,29,34). The number of fused-ring (bicyclic) bond motifs is 1. The minimum atomic E-state index is -0.490. The van der Waals surface area contributed by atoms with E-state index in [1.165, 1.54) is 0 Å². The third-order valence-electron chi connectivity index (χ3n) is 7.35. The molecule has 8 heteroatoms. The van der Waals surface area contributed by atoms with Gasteiger partial charge in [0.15, 0.2) is 0 Å². The molecule has 2 saturated heterocycles. The molecule has 0 radical (unpaired) electrons. The lowest BCUT2D eigenvalue weighted by Crippen LogP contribution is -2.55. The first-order valence-corrected chi connectivity index (χ1v) is 12.6. The second-order valence-corrected chi connectivity index (χ2v) is 9.68. The summed E-state index contributed by atoms with van der Waals surface area (Å²) < 4.78 is 0. The van der Waals surface area contributed by atoms with Gasteiger partial charge < -0.3 is 25.3 Å². The van der Waals surface area contributed by atoms with E-state index in [0.717, 1.165) is 42.5 Å². The van der Waals surface area contributed by atoms with Crippen molar-refractivity contribution in [2.45, 2.75) is 57.3 Å². The van der Waals surface area contributed by atoms with Gasteiger partial charge in [-0.3, -0.25) is 4.79 Å². The van der Waals surface area contributed by atoms with Gasteiger partial charge in [0.05, 0.1) is 0 Å². The Bertz CT molecular complexity index is 1070.